The van der Waals surface area contributed by atoms with Gasteiger partial charge in [0.25, 0.3) is 5.95 Å². The number of rotatable bonds is 8. The molecule has 9 heteroatoms. The molecule has 0 aliphatic heterocycles. The molecule has 168 valence electrons. The van der Waals surface area contributed by atoms with Crippen LogP contribution >= 0.6 is 11.8 Å². The molecule has 1 aromatic carbocycles. The lowest BCUT2D eigenvalue weighted by Crippen LogP contribution is -2.06. The van der Waals surface area contributed by atoms with Crippen molar-refractivity contribution in [1.29, 1.82) is 0 Å². The number of carbonyl (C=O) groups is 1. The summed E-state index contributed by atoms with van der Waals surface area (Å²) in [6, 6.07) is 7.33. The maximum absolute atomic E-state index is 11.7. The van der Waals surface area contributed by atoms with E-state index in [-0.39, 0.29) is 5.97 Å². The van der Waals surface area contributed by atoms with Gasteiger partial charge >= 0.3 is 5.97 Å². The lowest BCUT2D eigenvalue weighted by molar-refractivity contribution is 0.0600. The predicted molar refractivity (Wildman–Crippen MR) is 124 cm³/mol. The largest absolute Gasteiger partial charge is 0.465 e. The molecule has 4 rings (SSSR count). The molecule has 0 spiro atoms. The van der Waals surface area contributed by atoms with Gasteiger partial charge in [0.15, 0.2) is 5.65 Å². The van der Waals surface area contributed by atoms with Crippen LogP contribution in [0.15, 0.2) is 34.1 Å². The molecule has 32 heavy (non-hydrogen) atoms. The number of ether oxygens (including phenoxy) is 1. The highest BCUT2D eigenvalue weighted by Gasteiger charge is 2.21. The van der Waals surface area contributed by atoms with E-state index in [9.17, 15) is 4.79 Å². The summed E-state index contributed by atoms with van der Waals surface area (Å²) in [7, 11) is 1.38. The maximum Gasteiger partial charge on any atom is 0.337 e. The van der Waals surface area contributed by atoms with E-state index in [0.717, 1.165) is 45.4 Å². The van der Waals surface area contributed by atoms with Crippen LogP contribution in [-0.4, -0.2) is 42.7 Å². The third-order valence-electron chi connectivity index (χ3n) is 5.63. The van der Waals surface area contributed by atoms with Crippen LogP contribution in [0.3, 0.4) is 0 Å². The van der Waals surface area contributed by atoms with Crippen molar-refractivity contribution in [2.45, 2.75) is 63.2 Å². The van der Waals surface area contributed by atoms with Gasteiger partial charge in [-0.15, -0.1) is 10.2 Å². The van der Waals surface area contributed by atoms with Crippen LogP contribution in [0.4, 0.5) is 0 Å². The number of methoxy groups -OCH3 is 1. The molecule has 4 aromatic rings. The van der Waals surface area contributed by atoms with Gasteiger partial charge in [-0.1, -0.05) is 31.5 Å². The number of aromatic nitrogens is 6. The fourth-order valence-electron chi connectivity index (χ4n) is 3.85. The number of aryl methyl sites for hydroxylation is 2. The lowest BCUT2D eigenvalue weighted by Gasteiger charge is -2.03. The topological polar surface area (TPSA) is 90.1 Å². The molecule has 0 bridgehead atoms. The minimum absolute atomic E-state index is 0.345. The maximum atomic E-state index is 11.7. The number of hydrogen-bond acceptors (Lipinski definition) is 6. The zero-order chi connectivity index (χ0) is 22.8. The van der Waals surface area contributed by atoms with Gasteiger partial charge in [0.05, 0.1) is 23.3 Å². The highest BCUT2D eigenvalue weighted by atomic mass is 32.2. The van der Waals surface area contributed by atoms with Crippen LogP contribution in [0.2, 0.25) is 0 Å². The van der Waals surface area contributed by atoms with Crippen molar-refractivity contribution in [3.63, 3.8) is 0 Å². The van der Waals surface area contributed by atoms with E-state index >= 15 is 0 Å². The summed E-state index contributed by atoms with van der Waals surface area (Å²) in [5.74, 6) is 0.307. The monoisotopic (exact) mass is 452 g/mol. The number of nitrogens with zero attached hydrogens (tertiary/aromatic N) is 5. The Morgan fingerprint density at radius 2 is 1.88 bits per heavy atom. The van der Waals surface area contributed by atoms with E-state index < -0.39 is 0 Å². The highest BCUT2D eigenvalue weighted by Crippen LogP contribution is 2.34. The first kappa shape index (κ1) is 22.1. The number of hydrogen-bond donors (Lipinski definition) is 1. The summed E-state index contributed by atoms with van der Waals surface area (Å²) >= 11 is 1.58. The minimum Gasteiger partial charge on any atom is -0.465 e. The highest BCUT2D eigenvalue weighted by molar-refractivity contribution is 7.99. The van der Waals surface area contributed by atoms with Gasteiger partial charge < -0.3 is 4.74 Å². The quantitative estimate of drug-likeness (QED) is 0.304. The second-order valence-corrected chi connectivity index (χ2v) is 8.95. The van der Waals surface area contributed by atoms with Crippen molar-refractivity contribution < 1.29 is 9.53 Å². The smallest absolute Gasteiger partial charge is 0.337 e. The van der Waals surface area contributed by atoms with Gasteiger partial charge in [-0.3, -0.25) is 5.10 Å². The van der Waals surface area contributed by atoms with E-state index in [0.29, 0.717) is 11.5 Å². The van der Waals surface area contributed by atoms with E-state index in [1.54, 1.807) is 23.9 Å². The van der Waals surface area contributed by atoms with Crippen LogP contribution in [0.25, 0.3) is 11.6 Å². The second kappa shape index (κ2) is 9.20. The fraction of sp³-hybridized carbons (Fsp3) is 0.391. The summed E-state index contributed by atoms with van der Waals surface area (Å²) in [6.07, 6.45) is 4.61. The van der Waals surface area contributed by atoms with Crippen molar-refractivity contribution >= 4 is 23.4 Å². The summed E-state index contributed by atoms with van der Waals surface area (Å²) in [6.45, 7) is 8.38. The Morgan fingerprint density at radius 1 is 1.12 bits per heavy atom. The van der Waals surface area contributed by atoms with Gasteiger partial charge in [-0.25, -0.2) is 9.48 Å². The molecule has 0 amide bonds. The van der Waals surface area contributed by atoms with Gasteiger partial charge in [0.2, 0.25) is 0 Å². The lowest BCUT2D eigenvalue weighted by atomic mass is 10.1. The van der Waals surface area contributed by atoms with Crippen molar-refractivity contribution in [3.05, 3.63) is 52.5 Å². The molecular weight excluding hydrogens is 424 g/mol. The van der Waals surface area contributed by atoms with E-state index in [2.05, 4.69) is 36.1 Å². The number of unbranched alkanes of at least 4 members (excludes halogenated alkanes) is 2. The van der Waals surface area contributed by atoms with Gasteiger partial charge in [0, 0.05) is 16.3 Å². The number of nitrogens with one attached hydrogen (secondary N) is 1. The molecule has 0 saturated carbocycles. The summed E-state index contributed by atoms with van der Waals surface area (Å²) in [4.78, 5) is 13.7. The number of esters is 1. The van der Waals surface area contributed by atoms with Crippen LogP contribution in [-0.2, 0) is 11.2 Å². The van der Waals surface area contributed by atoms with Crippen molar-refractivity contribution in [2.24, 2.45) is 0 Å². The molecule has 8 nitrogen and oxygen atoms in total. The van der Waals surface area contributed by atoms with Gasteiger partial charge in [-0.2, -0.15) is 9.61 Å². The average molecular weight is 453 g/mol. The zero-order valence-corrected chi connectivity index (χ0v) is 19.9. The second-order valence-electron chi connectivity index (χ2n) is 7.86. The molecule has 1 N–H and O–H groups in total. The Balaban J connectivity index is 1.65. The molecule has 0 aliphatic carbocycles. The first-order valence-electron chi connectivity index (χ1n) is 10.8. The number of carbonyl (C=O) groups excluding carboxylic acids is 1. The summed E-state index contributed by atoms with van der Waals surface area (Å²) in [5.41, 5.74) is 5.70. The Labute approximate surface area is 191 Å². The number of aromatic amines is 1. The van der Waals surface area contributed by atoms with Gasteiger partial charge in [0.1, 0.15) is 0 Å². The Kier molecular flexibility index (Phi) is 6.36. The number of H-pyrrole nitrogens is 1. The van der Waals surface area contributed by atoms with Crippen LogP contribution < -0.4 is 0 Å². The minimum atomic E-state index is -0.345. The van der Waals surface area contributed by atoms with Crippen LogP contribution in [0, 0.1) is 20.8 Å². The Bertz CT molecular complexity index is 1250. The zero-order valence-electron chi connectivity index (χ0n) is 19.1. The Hall–Kier alpha value is -3.07. The summed E-state index contributed by atoms with van der Waals surface area (Å²) in [5, 5.41) is 17.0. The normalized spacial score (nSPS) is 11.4. The molecule has 0 unspecified atom stereocenters. The third kappa shape index (κ3) is 4.04. The SMILES string of the molecule is CCCCCc1c(C)nn(-c2nnc3c(Sc4ccc(C(=O)OC)cc4)c(C)[nH]n23)c1C. The molecule has 3 heterocycles. The van der Waals surface area contributed by atoms with Crippen molar-refractivity contribution in [1.82, 2.24) is 29.6 Å². The Morgan fingerprint density at radius 3 is 2.56 bits per heavy atom. The molecule has 0 aliphatic rings. The standard InChI is InChI=1S/C23H28N6O2S/c1-6-7-8-9-19-14(2)26-28(16(19)4)23-25-24-21-20(15(3)27-29(21)23)32-18-12-10-17(11-13-18)22(30)31-5/h10-13,27H,6-9H2,1-5H3. The summed E-state index contributed by atoms with van der Waals surface area (Å²) < 4.78 is 8.54. The molecular formula is C23H28N6O2S. The van der Waals surface area contributed by atoms with Crippen molar-refractivity contribution in [3.8, 4) is 5.95 Å². The predicted octanol–water partition coefficient (Wildman–Crippen LogP) is 4.84. The van der Waals surface area contributed by atoms with Gasteiger partial charge in [-0.05, 0) is 63.4 Å². The van der Waals surface area contributed by atoms with E-state index in [1.165, 1.54) is 25.5 Å². The molecule has 0 atom stereocenters. The van der Waals surface area contributed by atoms with Crippen LogP contribution in [0.5, 0.6) is 0 Å². The molecule has 0 fully saturated rings. The number of fused-ring (bicyclic) bond motifs is 1. The van der Waals surface area contributed by atoms with E-state index in [1.807, 2.05) is 28.3 Å². The fourth-order valence-corrected chi connectivity index (χ4v) is 4.78. The first-order chi connectivity index (χ1) is 15.4. The third-order valence-corrected chi connectivity index (χ3v) is 6.83. The molecule has 0 saturated heterocycles. The first-order valence-corrected chi connectivity index (χ1v) is 11.6. The average Bonchev–Trinajstić information content (AvgIpc) is 3.42. The molecule has 0 radical (unpaired) electrons. The van der Waals surface area contributed by atoms with Crippen molar-refractivity contribution in [2.75, 3.05) is 7.11 Å². The van der Waals surface area contributed by atoms with E-state index in [4.69, 9.17) is 9.84 Å². The number of benzene rings is 1. The molecule has 3 aromatic heterocycles. The van der Waals surface area contributed by atoms with Crippen LogP contribution in [0.1, 0.15) is 59.2 Å².